The van der Waals surface area contributed by atoms with Crippen molar-refractivity contribution >= 4 is 27.7 Å². The van der Waals surface area contributed by atoms with E-state index in [2.05, 4.69) is 5.32 Å². The van der Waals surface area contributed by atoms with Crippen LogP contribution in [0.5, 0.6) is 5.75 Å². The van der Waals surface area contributed by atoms with E-state index in [9.17, 15) is 22.8 Å². The Balaban J connectivity index is 1.66. The van der Waals surface area contributed by atoms with E-state index in [1.54, 1.807) is 0 Å². The number of carbonyl (C=O) groups is 3. The van der Waals surface area contributed by atoms with Gasteiger partial charge in [0.25, 0.3) is 5.91 Å². The van der Waals surface area contributed by atoms with E-state index in [0.29, 0.717) is 19.6 Å². The van der Waals surface area contributed by atoms with Crippen molar-refractivity contribution in [2.45, 2.75) is 24.2 Å². The number of methoxy groups -OCH3 is 1. The lowest BCUT2D eigenvalue weighted by Crippen LogP contribution is -2.40. The molecule has 0 bridgehead atoms. The first-order valence-electron chi connectivity index (χ1n) is 9.72. The monoisotopic (exact) mass is 439 g/mol. The summed E-state index contributed by atoms with van der Waals surface area (Å²) in [6.07, 6.45) is 0.858. The summed E-state index contributed by atoms with van der Waals surface area (Å²) in [5.74, 6) is -0.647. The molecule has 0 saturated carbocycles. The number of nitrogens with one attached hydrogen (secondary N) is 1. The molecule has 3 amide bonds. The fourth-order valence-electron chi connectivity index (χ4n) is 3.37. The molecule has 0 atom stereocenters. The van der Waals surface area contributed by atoms with Gasteiger partial charge in [-0.1, -0.05) is 0 Å². The van der Waals surface area contributed by atoms with Crippen molar-refractivity contribution in [2.75, 3.05) is 46.5 Å². The summed E-state index contributed by atoms with van der Waals surface area (Å²) in [7, 11) is -2.36. The van der Waals surface area contributed by atoms with E-state index in [4.69, 9.17) is 9.47 Å². The lowest BCUT2D eigenvalue weighted by Gasteiger charge is -2.26. The maximum absolute atomic E-state index is 12.9. The highest BCUT2D eigenvalue weighted by atomic mass is 32.2. The average Bonchev–Trinajstić information content (AvgIpc) is 3.08. The van der Waals surface area contributed by atoms with E-state index in [1.807, 2.05) is 0 Å². The number of ether oxygens (including phenoxy) is 2. The number of carbonyl (C=O) groups excluding carboxylic acids is 3. The van der Waals surface area contributed by atoms with E-state index in [-0.39, 0.29) is 67.0 Å². The summed E-state index contributed by atoms with van der Waals surface area (Å²) in [5.41, 5.74) is 0.0974. The molecule has 0 radical (unpaired) electrons. The highest BCUT2D eigenvalue weighted by Gasteiger charge is 2.29. The highest BCUT2D eigenvalue weighted by Crippen LogP contribution is 2.25. The molecule has 1 N–H and O–H groups in total. The molecule has 2 fully saturated rings. The van der Waals surface area contributed by atoms with Gasteiger partial charge in [0.05, 0.1) is 30.8 Å². The largest absolute Gasteiger partial charge is 0.496 e. The number of imide groups is 1. The number of nitrogens with zero attached hydrogens (tertiary/aromatic N) is 2. The number of hydrogen-bond acceptors (Lipinski definition) is 7. The minimum absolute atomic E-state index is 0.00334. The quantitative estimate of drug-likeness (QED) is 0.446. The molecule has 1 aromatic rings. The van der Waals surface area contributed by atoms with Crippen LogP contribution in [0.2, 0.25) is 0 Å². The Morgan fingerprint density at radius 2 is 1.83 bits per heavy atom. The lowest BCUT2D eigenvalue weighted by atomic mass is 10.2. The maximum atomic E-state index is 12.9. The minimum atomic E-state index is -3.76. The van der Waals surface area contributed by atoms with Crippen LogP contribution in [-0.2, 0) is 24.3 Å². The second-order valence-electron chi connectivity index (χ2n) is 6.93. The molecule has 1 aromatic carbocycles. The van der Waals surface area contributed by atoms with Crippen LogP contribution < -0.4 is 10.1 Å². The predicted molar refractivity (Wildman–Crippen MR) is 105 cm³/mol. The van der Waals surface area contributed by atoms with E-state index in [0.717, 1.165) is 0 Å². The second kappa shape index (κ2) is 9.54. The molecule has 2 aliphatic heterocycles. The zero-order chi connectivity index (χ0) is 21.7. The second-order valence-corrected chi connectivity index (χ2v) is 8.87. The lowest BCUT2D eigenvalue weighted by molar-refractivity contribution is -0.138. The van der Waals surface area contributed by atoms with Gasteiger partial charge in [0.2, 0.25) is 21.8 Å². The molecular weight excluding hydrogens is 414 g/mol. The Hall–Kier alpha value is -2.50. The van der Waals surface area contributed by atoms with Gasteiger partial charge in [0.1, 0.15) is 5.75 Å². The number of sulfonamides is 1. The van der Waals surface area contributed by atoms with Crippen molar-refractivity contribution in [3.63, 3.8) is 0 Å². The standard InChI is InChI=1S/C19H25N3O7S/c1-28-16-4-3-14(30(26,27)21-9-11-29-12-10-21)13-15(16)19(25)20-7-2-8-22-17(23)5-6-18(22)24/h3-4,13H,2,5-12H2,1H3,(H,20,25). The molecule has 2 aliphatic rings. The van der Waals surface area contributed by atoms with Gasteiger partial charge < -0.3 is 14.8 Å². The van der Waals surface area contributed by atoms with Crippen LogP contribution in [-0.4, -0.2) is 81.8 Å². The molecule has 0 spiro atoms. The normalized spacial score (nSPS) is 18.0. The van der Waals surface area contributed by atoms with Gasteiger partial charge in [-0.15, -0.1) is 0 Å². The molecule has 3 rings (SSSR count). The minimum Gasteiger partial charge on any atom is -0.496 e. The maximum Gasteiger partial charge on any atom is 0.255 e. The van der Waals surface area contributed by atoms with Crippen molar-refractivity contribution in [2.24, 2.45) is 0 Å². The van der Waals surface area contributed by atoms with Gasteiger partial charge in [0, 0.05) is 39.0 Å². The van der Waals surface area contributed by atoms with Crippen molar-refractivity contribution < 1.29 is 32.3 Å². The average molecular weight is 439 g/mol. The summed E-state index contributed by atoms with van der Waals surface area (Å²) in [6.45, 7) is 1.61. The smallest absolute Gasteiger partial charge is 0.255 e. The van der Waals surface area contributed by atoms with E-state index in [1.165, 1.54) is 34.5 Å². The number of morpholine rings is 1. The summed E-state index contributed by atoms with van der Waals surface area (Å²) in [4.78, 5) is 37.1. The molecule has 2 heterocycles. The SMILES string of the molecule is COc1ccc(S(=O)(=O)N2CCOCC2)cc1C(=O)NCCCN1C(=O)CCC1=O. The third-order valence-electron chi connectivity index (χ3n) is 5.02. The van der Waals surface area contributed by atoms with Crippen molar-refractivity contribution in [1.29, 1.82) is 0 Å². The van der Waals surface area contributed by atoms with Gasteiger partial charge in [-0.05, 0) is 24.6 Å². The van der Waals surface area contributed by atoms with Crippen LogP contribution in [0.1, 0.15) is 29.6 Å². The van der Waals surface area contributed by atoms with Crippen LogP contribution >= 0.6 is 0 Å². The van der Waals surface area contributed by atoms with Crippen LogP contribution in [0.3, 0.4) is 0 Å². The first-order valence-corrected chi connectivity index (χ1v) is 11.2. The summed E-state index contributed by atoms with van der Waals surface area (Å²) < 4.78 is 37.4. The summed E-state index contributed by atoms with van der Waals surface area (Å²) in [5, 5.41) is 2.69. The zero-order valence-electron chi connectivity index (χ0n) is 16.8. The Morgan fingerprint density at radius 1 is 1.17 bits per heavy atom. The number of rotatable bonds is 8. The molecule has 0 unspecified atom stereocenters. The van der Waals surface area contributed by atoms with Crippen molar-refractivity contribution in [1.82, 2.24) is 14.5 Å². The predicted octanol–water partition coefficient (Wildman–Crippen LogP) is -0.0150. The van der Waals surface area contributed by atoms with Crippen LogP contribution in [0, 0.1) is 0 Å². The van der Waals surface area contributed by atoms with Crippen LogP contribution in [0.25, 0.3) is 0 Å². The summed E-state index contributed by atoms with van der Waals surface area (Å²) in [6, 6.07) is 4.15. The first-order chi connectivity index (χ1) is 14.3. The van der Waals surface area contributed by atoms with Gasteiger partial charge in [-0.2, -0.15) is 4.31 Å². The van der Waals surface area contributed by atoms with Crippen molar-refractivity contribution in [3.8, 4) is 5.75 Å². The zero-order valence-corrected chi connectivity index (χ0v) is 17.6. The molecule has 11 heteroatoms. The number of hydrogen-bond donors (Lipinski definition) is 1. The Labute approximate surface area is 175 Å². The van der Waals surface area contributed by atoms with Gasteiger partial charge >= 0.3 is 0 Å². The summed E-state index contributed by atoms with van der Waals surface area (Å²) >= 11 is 0. The Morgan fingerprint density at radius 3 is 2.47 bits per heavy atom. The molecule has 2 saturated heterocycles. The third kappa shape index (κ3) is 4.79. The highest BCUT2D eigenvalue weighted by molar-refractivity contribution is 7.89. The Kier molecular flexibility index (Phi) is 7.06. The fourth-order valence-corrected chi connectivity index (χ4v) is 4.80. The third-order valence-corrected chi connectivity index (χ3v) is 6.92. The molecular formula is C19H25N3O7S. The molecule has 10 nitrogen and oxygen atoms in total. The van der Waals surface area contributed by atoms with Crippen molar-refractivity contribution in [3.05, 3.63) is 23.8 Å². The first kappa shape index (κ1) is 22.2. The Bertz CT molecular complexity index is 910. The number of amides is 3. The van der Waals surface area contributed by atoms with Gasteiger partial charge in [0.15, 0.2) is 0 Å². The molecule has 0 aromatic heterocycles. The molecule has 164 valence electrons. The number of benzene rings is 1. The van der Waals surface area contributed by atoms with E-state index >= 15 is 0 Å². The van der Waals surface area contributed by atoms with Gasteiger partial charge in [-0.3, -0.25) is 19.3 Å². The molecule has 0 aliphatic carbocycles. The topological polar surface area (TPSA) is 122 Å². The number of likely N-dealkylation sites (tertiary alicyclic amines) is 1. The fraction of sp³-hybridized carbons (Fsp3) is 0.526. The van der Waals surface area contributed by atoms with E-state index < -0.39 is 15.9 Å². The van der Waals surface area contributed by atoms with Crippen LogP contribution in [0.4, 0.5) is 0 Å². The molecule has 30 heavy (non-hydrogen) atoms. The van der Waals surface area contributed by atoms with Gasteiger partial charge in [-0.25, -0.2) is 8.42 Å². The van der Waals surface area contributed by atoms with Crippen LogP contribution in [0.15, 0.2) is 23.1 Å².